The van der Waals surface area contributed by atoms with Crippen LogP contribution in [-0.4, -0.2) is 40.3 Å². The lowest BCUT2D eigenvalue weighted by Gasteiger charge is -2.10. The van der Waals surface area contributed by atoms with Crippen molar-refractivity contribution in [1.29, 1.82) is 0 Å². The van der Waals surface area contributed by atoms with E-state index in [1.807, 2.05) is 12.1 Å². The van der Waals surface area contributed by atoms with Crippen LogP contribution in [0.25, 0.3) is 5.69 Å². The Balaban J connectivity index is 1.64. The minimum absolute atomic E-state index is 0.168. The van der Waals surface area contributed by atoms with Gasteiger partial charge in [0.15, 0.2) is 11.5 Å². The van der Waals surface area contributed by atoms with Crippen LogP contribution in [0.3, 0.4) is 0 Å². The van der Waals surface area contributed by atoms with Crippen molar-refractivity contribution in [3.8, 4) is 17.2 Å². The van der Waals surface area contributed by atoms with Crippen LogP contribution in [-0.2, 0) is 6.54 Å². The first-order valence-electron chi connectivity index (χ1n) is 7.54. The molecule has 3 aromatic rings. The number of hydrogen-bond acceptors (Lipinski definition) is 6. The SMILES string of the molecule is COc1ccc(CNC(=O)c2ccc(-n3cnnn3)cc2)cc1OC. The highest BCUT2D eigenvalue weighted by Gasteiger charge is 2.08. The first-order valence-corrected chi connectivity index (χ1v) is 7.54. The van der Waals surface area contributed by atoms with Gasteiger partial charge in [0.1, 0.15) is 6.33 Å². The number of carbonyl (C=O) groups is 1. The van der Waals surface area contributed by atoms with Crippen LogP contribution >= 0.6 is 0 Å². The maximum Gasteiger partial charge on any atom is 0.251 e. The fourth-order valence-corrected chi connectivity index (χ4v) is 2.32. The molecule has 0 unspecified atom stereocenters. The summed E-state index contributed by atoms with van der Waals surface area (Å²) in [5, 5.41) is 13.8. The second kappa shape index (κ2) is 7.43. The summed E-state index contributed by atoms with van der Waals surface area (Å²) in [6, 6.07) is 12.5. The average molecular weight is 339 g/mol. The van der Waals surface area contributed by atoms with E-state index < -0.39 is 0 Å². The van der Waals surface area contributed by atoms with Crippen molar-refractivity contribution in [2.45, 2.75) is 6.54 Å². The summed E-state index contributed by atoms with van der Waals surface area (Å²) >= 11 is 0. The molecule has 3 rings (SSSR count). The quantitative estimate of drug-likeness (QED) is 0.734. The van der Waals surface area contributed by atoms with Crippen molar-refractivity contribution < 1.29 is 14.3 Å². The Morgan fingerprint density at radius 1 is 1.08 bits per heavy atom. The smallest absolute Gasteiger partial charge is 0.251 e. The summed E-state index contributed by atoms with van der Waals surface area (Å²) in [6.07, 6.45) is 1.49. The number of amides is 1. The number of rotatable bonds is 6. The highest BCUT2D eigenvalue weighted by atomic mass is 16.5. The Morgan fingerprint density at radius 3 is 2.48 bits per heavy atom. The number of nitrogens with one attached hydrogen (secondary N) is 1. The molecule has 0 spiro atoms. The second-order valence-electron chi connectivity index (χ2n) is 5.17. The molecule has 0 bridgehead atoms. The molecule has 0 saturated heterocycles. The molecule has 0 aliphatic carbocycles. The molecule has 128 valence electrons. The molecule has 0 fully saturated rings. The third kappa shape index (κ3) is 3.74. The first-order chi connectivity index (χ1) is 12.2. The maximum atomic E-state index is 12.3. The fourth-order valence-electron chi connectivity index (χ4n) is 2.32. The van der Waals surface area contributed by atoms with Crippen LogP contribution in [0, 0.1) is 0 Å². The van der Waals surface area contributed by atoms with Gasteiger partial charge in [0.25, 0.3) is 5.91 Å². The van der Waals surface area contributed by atoms with Gasteiger partial charge in [-0.2, -0.15) is 0 Å². The zero-order chi connectivity index (χ0) is 17.6. The summed E-state index contributed by atoms with van der Waals surface area (Å²) in [6.45, 7) is 0.383. The predicted molar refractivity (Wildman–Crippen MR) is 89.9 cm³/mol. The zero-order valence-corrected chi connectivity index (χ0v) is 13.8. The van der Waals surface area contributed by atoms with E-state index in [4.69, 9.17) is 9.47 Å². The number of benzene rings is 2. The van der Waals surface area contributed by atoms with Gasteiger partial charge in [0.2, 0.25) is 0 Å². The number of hydrogen-bond donors (Lipinski definition) is 1. The van der Waals surface area contributed by atoms with E-state index in [1.165, 1.54) is 11.0 Å². The van der Waals surface area contributed by atoms with E-state index in [0.717, 1.165) is 11.3 Å². The molecular formula is C17H17N5O3. The summed E-state index contributed by atoms with van der Waals surface area (Å²) in [7, 11) is 3.16. The molecule has 1 heterocycles. The third-order valence-corrected chi connectivity index (χ3v) is 3.64. The average Bonchev–Trinajstić information content (AvgIpc) is 3.20. The molecule has 0 radical (unpaired) electrons. The fraction of sp³-hybridized carbons (Fsp3) is 0.176. The first kappa shape index (κ1) is 16.4. The Labute approximate surface area is 144 Å². The predicted octanol–water partition coefficient (Wildman–Crippen LogP) is 1.61. The highest BCUT2D eigenvalue weighted by Crippen LogP contribution is 2.27. The number of nitrogens with zero attached hydrogens (tertiary/aromatic N) is 4. The Morgan fingerprint density at radius 2 is 1.84 bits per heavy atom. The van der Waals surface area contributed by atoms with Crippen LogP contribution in [0.4, 0.5) is 0 Å². The molecule has 8 heteroatoms. The van der Waals surface area contributed by atoms with Crippen LogP contribution in [0.15, 0.2) is 48.8 Å². The molecule has 1 amide bonds. The number of aromatic nitrogens is 4. The monoisotopic (exact) mass is 339 g/mol. The zero-order valence-electron chi connectivity index (χ0n) is 13.8. The van der Waals surface area contributed by atoms with Gasteiger partial charge in [-0.25, -0.2) is 4.68 Å². The lowest BCUT2D eigenvalue weighted by Crippen LogP contribution is -2.22. The Kier molecular flexibility index (Phi) is 4.89. The van der Waals surface area contributed by atoms with E-state index in [-0.39, 0.29) is 5.91 Å². The second-order valence-corrected chi connectivity index (χ2v) is 5.17. The van der Waals surface area contributed by atoms with Crippen LogP contribution < -0.4 is 14.8 Å². The van der Waals surface area contributed by atoms with Gasteiger partial charge >= 0.3 is 0 Å². The number of methoxy groups -OCH3 is 2. The minimum atomic E-state index is -0.168. The van der Waals surface area contributed by atoms with E-state index in [9.17, 15) is 4.79 Å². The summed E-state index contributed by atoms with van der Waals surface area (Å²) in [5.41, 5.74) is 2.25. The van der Waals surface area contributed by atoms with Crippen molar-refractivity contribution in [3.63, 3.8) is 0 Å². The number of ether oxygens (including phenoxy) is 2. The van der Waals surface area contributed by atoms with E-state index >= 15 is 0 Å². The van der Waals surface area contributed by atoms with Gasteiger partial charge in [0.05, 0.1) is 19.9 Å². The van der Waals surface area contributed by atoms with Gasteiger partial charge < -0.3 is 14.8 Å². The lowest BCUT2D eigenvalue weighted by atomic mass is 10.1. The van der Waals surface area contributed by atoms with Gasteiger partial charge in [-0.1, -0.05) is 6.07 Å². The number of tetrazole rings is 1. The molecule has 0 aliphatic rings. The Hall–Kier alpha value is -3.42. The van der Waals surface area contributed by atoms with E-state index in [0.29, 0.717) is 23.6 Å². The normalized spacial score (nSPS) is 10.3. The van der Waals surface area contributed by atoms with E-state index in [1.54, 1.807) is 44.6 Å². The maximum absolute atomic E-state index is 12.3. The molecule has 8 nitrogen and oxygen atoms in total. The summed E-state index contributed by atoms with van der Waals surface area (Å²) < 4.78 is 12.0. The molecular weight excluding hydrogens is 322 g/mol. The Bertz CT molecular complexity index is 847. The van der Waals surface area contributed by atoms with Gasteiger partial charge in [0, 0.05) is 12.1 Å². The standard InChI is InChI=1S/C17H17N5O3/c1-24-15-8-3-12(9-16(15)25-2)10-18-17(23)13-4-6-14(7-5-13)22-11-19-20-21-22/h3-9,11H,10H2,1-2H3,(H,18,23). The molecule has 0 aliphatic heterocycles. The minimum Gasteiger partial charge on any atom is -0.493 e. The molecule has 1 aromatic heterocycles. The highest BCUT2D eigenvalue weighted by molar-refractivity contribution is 5.94. The van der Waals surface area contributed by atoms with Gasteiger partial charge in [-0.15, -0.1) is 5.10 Å². The van der Waals surface area contributed by atoms with Gasteiger partial charge in [-0.05, 0) is 52.4 Å². The molecule has 0 saturated carbocycles. The van der Waals surface area contributed by atoms with Crippen LogP contribution in [0.2, 0.25) is 0 Å². The van der Waals surface area contributed by atoms with E-state index in [2.05, 4.69) is 20.8 Å². The summed E-state index contributed by atoms with van der Waals surface area (Å²) in [4.78, 5) is 12.3. The van der Waals surface area contributed by atoms with Crippen molar-refractivity contribution >= 4 is 5.91 Å². The van der Waals surface area contributed by atoms with Crippen molar-refractivity contribution in [3.05, 3.63) is 59.9 Å². The van der Waals surface area contributed by atoms with Gasteiger partial charge in [-0.3, -0.25) is 4.79 Å². The lowest BCUT2D eigenvalue weighted by molar-refractivity contribution is 0.0951. The van der Waals surface area contributed by atoms with Crippen LogP contribution in [0.1, 0.15) is 15.9 Å². The van der Waals surface area contributed by atoms with Crippen molar-refractivity contribution in [2.75, 3.05) is 14.2 Å². The molecule has 25 heavy (non-hydrogen) atoms. The third-order valence-electron chi connectivity index (χ3n) is 3.64. The number of carbonyl (C=O) groups excluding carboxylic acids is 1. The molecule has 2 aromatic carbocycles. The largest absolute Gasteiger partial charge is 0.493 e. The molecule has 0 atom stereocenters. The van der Waals surface area contributed by atoms with Crippen molar-refractivity contribution in [2.24, 2.45) is 0 Å². The van der Waals surface area contributed by atoms with Crippen molar-refractivity contribution in [1.82, 2.24) is 25.5 Å². The topological polar surface area (TPSA) is 91.2 Å². The molecule has 1 N–H and O–H groups in total. The van der Waals surface area contributed by atoms with Crippen LogP contribution in [0.5, 0.6) is 11.5 Å². The summed E-state index contributed by atoms with van der Waals surface area (Å²) in [5.74, 6) is 1.11.